The molecule has 17 heavy (non-hydrogen) atoms. The van der Waals surface area contributed by atoms with Gasteiger partial charge in [0.15, 0.2) is 0 Å². The Labute approximate surface area is 99.1 Å². The summed E-state index contributed by atoms with van der Waals surface area (Å²) in [7, 11) is 1.85. The number of carbonyl (C=O) groups is 1. The van der Waals surface area contributed by atoms with Gasteiger partial charge >= 0.3 is 0 Å². The highest BCUT2D eigenvalue weighted by atomic mass is 16.5. The van der Waals surface area contributed by atoms with Crippen molar-refractivity contribution in [3.63, 3.8) is 0 Å². The van der Waals surface area contributed by atoms with Crippen LogP contribution in [0.4, 0.5) is 0 Å². The molecule has 94 valence electrons. The largest absolute Gasteiger partial charge is 0.373 e. The van der Waals surface area contributed by atoms with Gasteiger partial charge < -0.3 is 19.5 Å². The van der Waals surface area contributed by atoms with Crippen LogP contribution in [0, 0.1) is 6.92 Å². The van der Waals surface area contributed by atoms with E-state index in [1.54, 1.807) is 11.8 Å². The molecule has 1 aromatic rings. The fourth-order valence-electron chi connectivity index (χ4n) is 1.78. The van der Waals surface area contributed by atoms with Gasteiger partial charge in [-0.3, -0.25) is 4.79 Å². The van der Waals surface area contributed by atoms with E-state index in [2.05, 4.69) is 15.5 Å². The maximum atomic E-state index is 12.0. The number of morpholine rings is 1. The number of likely N-dealkylation sites (N-methyl/N-ethyl adjacent to an activating group) is 1. The molecule has 0 aliphatic carbocycles. The molecule has 1 aliphatic rings. The summed E-state index contributed by atoms with van der Waals surface area (Å²) in [6, 6.07) is 0. The third-order valence-electron chi connectivity index (χ3n) is 2.58. The van der Waals surface area contributed by atoms with Gasteiger partial charge in [0.25, 0.3) is 11.7 Å². The number of amides is 1. The molecule has 1 unspecified atom stereocenters. The van der Waals surface area contributed by atoms with E-state index in [0.29, 0.717) is 25.6 Å². The number of hydrogen-bond donors (Lipinski definition) is 1. The normalized spacial score (nSPS) is 20.6. The number of hydrogen-bond acceptors (Lipinski definition) is 6. The van der Waals surface area contributed by atoms with E-state index in [1.807, 2.05) is 7.05 Å². The molecule has 1 aromatic heterocycles. The first-order chi connectivity index (χ1) is 8.20. The maximum Gasteiger partial charge on any atom is 0.295 e. The van der Waals surface area contributed by atoms with Crippen LogP contribution in [0.2, 0.25) is 0 Å². The Morgan fingerprint density at radius 3 is 3.12 bits per heavy atom. The van der Waals surface area contributed by atoms with E-state index in [1.165, 1.54) is 0 Å². The zero-order valence-electron chi connectivity index (χ0n) is 9.97. The van der Waals surface area contributed by atoms with Crippen molar-refractivity contribution in [3.05, 3.63) is 11.7 Å². The average Bonchev–Trinajstić information content (AvgIpc) is 2.76. The van der Waals surface area contributed by atoms with Crippen molar-refractivity contribution in [3.8, 4) is 0 Å². The van der Waals surface area contributed by atoms with Crippen molar-refractivity contribution in [1.82, 2.24) is 20.4 Å². The Bertz CT molecular complexity index is 391. The van der Waals surface area contributed by atoms with E-state index in [0.717, 1.165) is 6.54 Å². The van der Waals surface area contributed by atoms with Crippen LogP contribution in [0.1, 0.15) is 16.5 Å². The van der Waals surface area contributed by atoms with Gasteiger partial charge in [0.2, 0.25) is 5.89 Å². The molecular weight excluding hydrogens is 224 g/mol. The SMILES string of the molecule is CNCC1CN(C(=O)c2noc(C)n2)CCO1. The minimum Gasteiger partial charge on any atom is -0.373 e. The fourth-order valence-corrected chi connectivity index (χ4v) is 1.78. The number of nitrogens with one attached hydrogen (secondary N) is 1. The molecule has 2 rings (SSSR count). The second-order valence-electron chi connectivity index (χ2n) is 3.94. The number of aromatic nitrogens is 2. The lowest BCUT2D eigenvalue weighted by Crippen LogP contribution is -2.48. The van der Waals surface area contributed by atoms with Gasteiger partial charge in [-0.1, -0.05) is 5.16 Å². The van der Waals surface area contributed by atoms with Crippen molar-refractivity contribution in [1.29, 1.82) is 0 Å². The van der Waals surface area contributed by atoms with Crippen LogP contribution in [0.5, 0.6) is 0 Å². The molecule has 7 heteroatoms. The fraction of sp³-hybridized carbons (Fsp3) is 0.700. The van der Waals surface area contributed by atoms with E-state index < -0.39 is 0 Å². The third kappa shape index (κ3) is 2.80. The molecule has 1 fully saturated rings. The molecule has 0 radical (unpaired) electrons. The zero-order chi connectivity index (χ0) is 12.3. The van der Waals surface area contributed by atoms with Gasteiger partial charge in [-0.05, 0) is 7.05 Å². The van der Waals surface area contributed by atoms with Gasteiger partial charge in [0.1, 0.15) is 0 Å². The Kier molecular flexibility index (Phi) is 3.70. The van der Waals surface area contributed by atoms with Gasteiger partial charge in [-0.15, -0.1) is 0 Å². The van der Waals surface area contributed by atoms with Crippen molar-refractivity contribution in [2.24, 2.45) is 0 Å². The third-order valence-corrected chi connectivity index (χ3v) is 2.58. The van der Waals surface area contributed by atoms with E-state index in [-0.39, 0.29) is 17.8 Å². The smallest absolute Gasteiger partial charge is 0.295 e. The summed E-state index contributed by atoms with van der Waals surface area (Å²) in [6.07, 6.45) is 0.0192. The van der Waals surface area contributed by atoms with Gasteiger partial charge in [-0.2, -0.15) is 4.98 Å². The molecule has 1 atom stereocenters. The van der Waals surface area contributed by atoms with Crippen LogP contribution in [-0.4, -0.2) is 60.3 Å². The first-order valence-corrected chi connectivity index (χ1v) is 5.56. The summed E-state index contributed by atoms with van der Waals surface area (Å²) >= 11 is 0. The molecular formula is C10H16N4O3. The van der Waals surface area contributed by atoms with Crippen molar-refractivity contribution in [2.45, 2.75) is 13.0 Å². The van der Waals surface area contributed by atoms with Crippen molar-refractivity contribution in [2.75, 3.05) is 33.3 Å². The van der Waals surface area contributed by atoms with E-state index >= 15 is 0 Å². The van der Waals surface area contributed by atoms with Crippen LogP contribution in [0.25, 0.3) is 0 Å². The molecule has 0 spiro atoms. The molecule has 1 aliphatic heterocycles. The summed E-state index contributed by atoms with van der Waals surface area (Å²) in [5, 5.41) is 6.66. The number of carbonyl (C=O) groups excluding carboxylic acids is 1. The highest BCUT2D eigenvalue weighted by molar-refractivity contribution is 5.90. The number of nitrogens with zero attached hydrogens (tertiary/aromatic N) is 3. The highest BCUT2D eigenvalue weighted by Gasteiger charge is 2.27. The van der Waals surface area contributed by atoms with Crippen molar-refractivity contribution >= 4 is 5.91 Å². The Hall–Kier alpha value is -1.47. The van der Waals surface area contributed by atoms with E-state index in [4.69, 9.17) is 9.26 Å². The minimum absolute atomic E-state index is 0.0192. The van der Waals surface area contributed by atoms with Gasteiger partial charge in [0, 0.05) is 26.6 Å². The lowest BCUT2D eigenvalue weighted by molar-refractivity contribution is -0.0201. The van der Waals surface area contributed by atoms with Crippen LogP contribution in [-0.2, 0) is 4.74 Å². The molecule has 1 amide bonds. The van der Waals surface area contributed by atoms with E-state index in [9.17, 15) is 4.79 Å². The highest BCUT2D eigenvalue weighted by Crippen LogP contribution is 2.08. The van der Waals surface area contributed by atoms with Gasteiger partial charge in [0.05, 0.1) is 12.7 Å². The molecule has 0 bridgehead atoms. The monoisotopic (exact) mass is 240 g/mol. The second kappa shape index (κ2) is 5.24. The Morgan fingerprint density at radius 2 is 2.47 bits per heavy atom. The van der Waals surface area contributed by atoms with Crippen LogP contribution >= 0.6 is 0 Å². The van der Waals surface area contributed by atoms with Crippen LogP contribution in [0.15, 0.2) is 4.52 Å². The maximum absolute atomic E-state index is 12.0. The number of rotatable bonds is 3. The summed E-state index contributed by atoms with van der Waals surface area (Å²) in [6.45, 7) is 4.02. The standard InChI is InChI=1S/C10H16N4O3/c1-7-12-9(13-17-7)10(15)14-3-4-16-8(6-14)5-11-2/h8,11H,3-6H2,1-2H3. The molecule has 1 N–H and O–H groups in total. The topological polar surface area (TPSA) is 80.5 Å². The number of aryl methyl sites for hydroxylation is 1. The predicted octanol–water partition coefficient (Wildman–Crippen LogP) is -0.562. The lowest BCUT2D eigenvalue weighted by Gasteiger charge is -2.32. The predicted molar refractivity (Wildman–Crippen MR) is 58.6 cm³/mol. The van der Waals surface area contributed by atoms with Crippen molar-refractivity contribution < 1.29 is 14.1 Å². The average molecular weight is 240 g/mol. The van der Waals surface area contributed by atoms with Crippen LogP contribution in [0.3, 0.4) is 0 Å². The number of ether oxygens (including phenoxy) is 1. The molecule has 0 aromatic carbocycles. The Morgan fingerprint density at radius 1 is 1.65 bits per heavy atom. The molecule has 0 saturated carbocycles. The quantitative estimate of drug-likeness (QED) is 0.762. The Balaban J connectivity index is 1.99. The van der Waals surface area contributed by atoms with Crippen LogP contribution < -0.4 is 5.32 Å². The summed E-state index contributed by atoms with van der Waals surface area (Å²) in [5.74, 6) is 0.312. The molecule has 2 heterocycles. The first-order valence-electron chi connectivity index (χ1n) is 5.56. The molecule has 1 saturated heterocycles. The zero-order valence-corrected chi connectivity index (χ0v) is 9.97. The summed E-state index contributed by atoms with van der Waals surface area (Å²) in [5.41, 5.74) is 0. The second-order valence-corrected chi connectivity index (χ2v) is 3.94. The summed E-state index contributed by atoms with van der Waals surface area (Å²) in [4.78, 5) is 17.6. The molecule has 7 nitrogen and oxygen atoms in total. The summed E-state index contributed by atoms with van der Waals surface area (Å²) < 4.78 is 10.3. The lowest BCUT2D eigenvalue weighted by atomic mass is 10.2. The van der Waals surface area contributed by atoms with Gasteiger partial charge in [-0.25, -0.2) is 0 Å². The first kappa shape index (κ1) is 12.0. The minimum atomic E-state index is -0.203.